The Morgan fingerprint density at radius 3 is 3.13 bits per heavy atom. The molecule has 0 bridgehead atoms. The van der Waals surface area contributed by atoms with Gasteiger partial charge in [-0.1, -0.05) is 0 Å². The highest BCUT2D eigenvalue weighted by Crippen LogP contribution is 2.12. The van der Waals surface area contributed by atoms with Gasteiger partial charge in [-0.25, -0.2) is 5.06 Å². The van der Waals surface area contributed by atoms with Crippen LogP contribution < -0.4 is 0 Å². The van der Waals surface area contributed by atoms with E-state index in [1.807, 2.05) is 6.07 Å². The average molecular weight is 205 g/mol. The van der Waals surface area contributed by atoms with E-state index in [4.69, 9.17) is 4.84 Å². The zero-order valence-corrected chi connectivity index (χ0v) is 8.52. The molecule has 0 aliphatic heterocycles. The molecule has 0 radical (unpaired) electrons. The molecule has 0 spiro atoms. The van der Waals surface area contributed by atoms with E-state index in [1.165, 1.54) is 13.3 Å². The Morgan fingerprint density at radius 1 is 1.60 bits per heavy atom. The van der Waals surface area contributed by atoms with Crippen molar-refractivity contribution in [2.45, 2.75) is 0 Å². The van der Waals surface area contributed by atoms with Crippen LogP contribution in [0.4, 0.5) is 0 Å². The topological polar surface area (TPSA) is 58.2 Å². The second-order valence-corrected chi connectivity index (χ2v) is 3.12. The van der Waals surface area contributed by atoms with Crippen LogP contribution in [0.2, 0.25) is 0 Å². The molecule has 0 unspecified atom stereocenters. The molecule has 0 atom stereocenters. The number of rotatable bonds is 2. The summed E-state index contributed by atoms with van der Waals surface area (Å²) in [6, 6.07) is 3.60. The quantitative estimate of drug-likeness (QED) is 0.749. The molecule has 0 aliphatic carbocycles. The number of aromatic nitrogens is 2. The van der Waals surface area contributed by atoms with Crippen LogP contribution in [0, 0.1) is 0 Å². The summed E-state index contributed by atoms with van der Waals surface area (Å²) in [5, 5.41) is 1.16. The summed E-state index contributed by atoms with van der Waals surface area (Å²) in [5.74, 6) is -0.221. The third-order valence-electron chi connectivity index (χ3n) is 2.21. The summed E-state index contributed by atoms with van der Waals surface area (Å²) in [6.45, 7) is 0. The Bertz CT molecular complexity index is 492. The third kappa shape index (κ3) is 1.69. The van der Waals surface area contributed by atoms with Crippen molar-refractivity contribution < 1.29 is 9.63 Å². The van der Waals surface area contributed by atoms with Gasteiger partial charge in [0.1, 0.15) is 0 Å². The number of hydrogen-bond donors (Lipinski definition) is 1. The fourth-order valence-electron chi connectivity index (χ4n) is 1.32. The number of nitrogens with zero attached hydrogens (tertiary/aromatic N) is 2. The third-order valence-corrected chi connectivity index (χ3v) is 2.21. The Kier molecular flexibility index (Phi) is 2.39. The van der Waals surface area contributed by atoms with Crippen molar-refractivity contribution >= 4 is 16.9 Å². The first-order valence-electron chi connectivity index (χ1n) is 4.47. The maximum absolute atomic E-state index is 11.7. The Hall–Kier alpha value is -1.88. The SMILES string of the molecule is CON(C)C(=O)c1cnc2cc[nH]c2c1. The molecule has 2 aromatic rings. The molecular weight excluding hydrogens is 194 g/mol. The van der Waals surface area contributed by atoms with E-state index in [0.29, 0.717) is 5.56 Å². The molecule has 1 N–H and O–H groups in total. The molecule has 78 valence electrons. The van der Waals surface area contributed by atoms with Crippen molar-refractivity contribution in [3.63, 3.8) is 0 Å². The number of fused-ring (bicyclic) bond motifs is 1. The van der Waals surface area contributed by atoms with E-state index in [-0.39, 0.29) is 5.91 Å². The predicted octanol–water partition coefficient (Wildman–Crippen LogP) is 1.20. The Labute approximate surface area is 86.6 Å². The number of H-pyrrole nitrogens is 1. The van der Waals surface area contributed by atoms with Crippen molar-refractivity contribution in [2.24, 2.45) is 0 Å². The molecule has 0 fully saturated rings. The molecule has 15 heavy (non-hydrogen) atoms. The molecule has 2 aromatic heterocycles. The number of amides is 1. The number of carbonyl (C=O) groups is 1. The number of aromatic amines is 1. The lowest BCUT2D eigenvalue weighted by Gasteiger charge is -2.12. The lowest BCUT2D eigenvalue weighted by atomic mass is 10.2. The van der Waals surface area contributed by atoms with Gasteiger partial charge in [-0.15, -0.1) is 0 Å². The summed E-state index contributed by atoms with van der Waals surface area (Å²) in [7, 11) is 3.00. The lowest BCUT2D eigenvalue weighted by Crippen LogP contribution is -2.25. The first kappa shape index (κ1) is 9.67. The number of nitrogens with one attached hydrogen (secondary N) is 1. The van der Waals surface area contributed by atoms with E-state index in [9.17, 15) is 4.79 Å². The normalized spacial score (nSPS) is 10.5. The van der Waals surface area contributed by atoms with Crippen molar-refractivity contribution in [3.05, 3.63) is 30.1 Å². The zero-order chi connectivity index (χ0) is 10.8. The summed E-state index contributed by atoms with van der Waals surface area (Å²) >= 11 is 0. The van der Waals surface area contributed by atoms with Crippen molar-refractivity contribution in [3.8, 4) is 0 Å². The molecular formula is C10H11N3O2. The van der Waals surface area contributed by atoms with Crippen LogP contribution in [-0.4, -0.2) is 35.1 Å². The van der Waals surface area contributed by atoms with Gasteiger partial charge in [-0.3, -0.25) is 14.6 Å². The van der Waals surface area contributed by atoms with Gasteiger partial charge in [0, 0.05) is 19.4 Å². The van der Waals surface area contributed by atoms with Crippen LogP contribution >= 0.6 is 0 Å². The van der Waals surface area contributed by atoms with Crippen molar-refractivity contribution in [2.75, 3.05) is 14.2 Å². The summed E-state index contributed by atoms with van der Waals surface area (Å²) in [6.07, 6.45) is 3.32. The van der Waals surface area contributed by atoms with Crippen molar-refractivity contribution in [1.82, 2.24) is 15.0 Å². The van der Waals surface area contributed by atoms with Crippen LogP contribution in [0.15, 0.2) is 24.5 Å². The smallest absolute Gasteiger partial charge is 0.278 e. The van der Waals surface area contributed by atoms with Gasteiger partial charge >= 0.3 is 0 Å². The summed E-state index contributed by atoms with van der Waals surface area (Å²) < 4.78 is 0. The highest BCUT2D eigenvalue weighted by molar-refractivity contribution is 5.95. The predicted molar refractivity (Wildman–Crippen MR) is 55.2 cm³/mol. The van der Waals surface area contributed by atoms with Gasteiger partial charge in [0.05, 0.1) is 23.7 Å². The highest BCUT2D eigenvalue weighted by Gasteiger charge is 2.12. The van der Waals surface area contributed by atoms with Gasteiger partial charge < -0.3 is 4.98 Å². The van der Waals surface area contributed by atoms with E-state index >= 15 is 0 Å². The molecule has 0 aromatic carbocycles. The van der Waals surface area contributed by atoms with Crippen LogP contribution in [0.5, 0.6) is 0 Å². The van der Waals surface area contributed by atoms with Crippen molar-refractivity contribution in [1.29, 1.82) is 0 Å². The number of pyridine rings is 1. The molecule has 0 saturated heterocycles. The number of hydrogen-bond acceptors (Lipinski definition) is 3. The molecule has 5 nitrogen and oxygen atoms in total. The van der Waals surface area contributed by atoms with E-state index < -0.39 is 0 Å². The minimum Gasteiger partial charge on any atom is -0.360 e. The maximum Gasteiger partial charge on any atom is 0.278 e. The van der Waals surface area contributed by atoms with E-state index in [2.05, 4.69) is 9.97 Å². The average Bonchev–Trinajstić information content (AvgIpc) is 2.73. The van der Waals surface area contributed by atoms with Gasteiger partial charge in [-0.05, 0) is 12.1 Å². The van der Waals surface area contributed by atoms with Gasteiger partial charge in [0.2, 0.25) is 0 Å². The molecule has 1 amide bonds. The second kappa shape index (κ2) is 3.70. The summed E-state index contributed by atoms with van der Waals surface area (Å²) in [4.78, 5) is 23.6. The highest BCUT2D eigenvalue weighted by atomic mass is 16.7. The van der Waals surface area contributed by atoms with Crippen LogP contribution in [0.1, 0.15) is 10.4 Å². The lowest BCUT2D eigenvalue weighted by molar-refractivity contribution is -0.0757. The minimum absolute atomic E-state index is 0.221. The first-order chi connectivity index (χ1) is 7.22. The number of carbonyl (C=O) groups excluding carboxylic acids is 1. The molecule has 2 rings (SSSR count). The van der Waals surface area contributed by atoms with Gasteiger partial charge in [-0.2, -0.15) is 0 Å². The number of hydroxylamine groups is 2. The van der Waals surface area contributed by atoms with Crippen LogP contribution in [0.25, 0.3) is 11.0 Å². The molecule has 5 heteroatoms. The zero-order valence-electron chi connectivity index (χ0n) is 8.52. The summed E-state index contributed by atoms with van der Waals surface area (Å²) in [5.41, 5.74) is 2.17. The van der Waals surface area contributed by atoms with Crippen LogP contribution in [-0.2, 0) is 4.84 Å². The standard InChI is InChI=1S/C10H11N3O2/c1-13(15-2)10(14)7-5-9-8(12-6-7)3-4-11-9/h3-6,11H,1-2H3. The monoisotopic (exact) mass is 205 g/mol. The van der Waals surface area contributed by atoms with Gasteiger partial charge in [0.15, 0.2) is 0 Å². The first-order valence-corrected chi connectivity index (χ1v) is 4.47. The second-order valence-electron chi connectivity index (χ2n) is 3.12. The van der Waals surface area contributed by atoms with Crippen LogP contribution in [0.3, 0.4) is 0 Å². The molecule has 0 aliphatic rings. The fraction of sp³-hybridized carbons (Fsp3) is 0.200. The largest absolute Gasteiger partial charge is 0.360 e. The van der Waals surface area contributed by atoms with E-state index in [0.717, 1.165) is 16.1 Å². The minimum atomic E-state index is -0.221. The Morgan fingerprint density at radius 2 is 2.40 bits per heavy atom. The maximum atomic E-state index is 11.7. The van der Waals surface area contributed by atoms with Gasteiger partial charge in [0.25, 0.3) is 5.91 Å². The Balaban J connectivity index is 2.39. The fourth-order valence-corrected chi connectivity index (χ4v) is 1.32. The molecule has 0 saturated carbocycles. The molecule has 2 heterocycles. The van der Waals surface area contributed by atoms with E-state index in [1.54, 1.807) is 19.3 Å².